The van der Waals surface area contributed by atoms with E-state index in [1.165, 1.54) is 25.7 Å². The van der Waals surface area contributed by atoms with Crippen molar-refractivity contribution in [3.05, 3.63) is 24.0 Å². The van der Waals surface area contributed by atoms with E-state index in [-0.39, 0.29) is 28.0 Å². The lowest BCUT2D eigenvalue weighted by Gasteiger charge is -2.42. The molecule has 2 heterocycles. The third-order valence-electron chi connectivity index (χ3n) is 7.41. The largest absolute Gasteiger partial charge is 0.491 e. The van der Waals surface area contributed by atoms with Crippen molar-refractivity contribution in [2.45, 2.75) is 70.4 Å². The van der Waals surface area contributed by atoms with Gasteiger partial charge in [-0.1, -0.05) is 25.7 Å². The average molecular weight is 473 g/mol. The van der Waals surface area contributed by atoms with Crippen molar-refractivity contribution in [3.8, 4) is 5.75 Å². The molecule has 8 nitrogen and oxygen atoms in total. The Morgan fingerprint density at radius 1 is 1.09 bits per heavy atom. The number of quaternary nitrogens is 1. The summed E-state index contributed by atoms with van der Waals surface area (Å²) < 4.78 is 20.7. The number of rotatable bonds is 7. The summed E-state index contributed by atoms with van der Waals surface area (Å²) in [6.45, 7) is 4.19. The molecule has 1 aromatic carbocycles. The molecule has 34 heavy (non-hydrogen) atoms. The first kappa shape index (κ1) is 24.6. The maximum atomic E-state index is 15.0. The standard InChI is InChI=1S/C25H39FN7O/c1-4-34-22-12-11-20(17-21(22)26)33(3,19-13-15-32(2)16-14-19)25-30-23(27)29-24(31-25)28-18-9-7-5-6-8-10-18/h11-12,17-19H,4-10,13-16H2,1-3H3,(H3,27,28,29,30,31)/q+1. The second-order valence-corrected chi connectivity index (χ2v) is 9.81. The lowest BCUT2D eigenvalue weighted by Crippen LogP contribution is -2.54. The summed E-state index contributed by atoms with van der Waals surface area (Å²) in [6, 6.07) is 5.70. The number of aromatic nitrogens is 3. The van der Waals surface area contributed by atoms with Crippen LogP contribution in [0.2, 0.25) is 0 Å². The number of hydrogen-bond acceptors (Lipinski definition) is 7. The van der Waals surface area contributed by atoms with Crippen molar-refractivity contribution >= 4 is 23.5 Å². The van der Waals surface area contributed by atoms with Crippen LogP contribution in [0.4, 0.5) is 27.9 Å². The van der Waals surface area contributed by atoms with Gasteiger partial charge in [-0.2, -0.15) is 4.98 Å². The SMILES string of the molecule is CCOc1ccc([N+](C)(c2nc(N)nc(NC3CCCCCC3)n2)C2CCN(C)CC2)cc1F. The zero-order chi connectivity index (χ0) is 24.1. The summed E-state index contributed by atoms with van der Waals surface area (Å²) in [7, 11) is 4.20. The van der Waals surface area contributed by atoms with Gasteiger partial charge >= 0.3 is 5.95 Å². The van der Waals surface area contributed by atoms with Crippen molar-refractivity contribution < 1.29 is 9.13 Å². The van der Waals surface area contributed by atoms with E-state index >= 15 is 0 Å². The fraction of sp³-hybridized carbons (Fsp3) is 0.640. The lowest BCUT2D eigenvalue weighted by molar-refractivity contribution is 0.180. The van der Waals surface area contributed by atoms with Gasteiger partial charge in [-0.25, -0.2) is 8.87 Å². The van der Waals surface area contributed by atoms with E-state index in [1.807, 2.05) is 13.0 Å². The lowest BCUT2D eigenvalue weighted by atomic mass is 10.00. The van der Waals surface area contributed by atoms with Gasteiger partial charge in [-0.15, -0.1) is 9.97 Å². The maximum Gasteiger partial charge on any atom is 0.340 e. The van der Waals surface area contributed by atoms with E-state index < -0.39 is 0 Å². The molecule has 0 radical (unpaired) electrons. The Morgan fingerprint density at radius 2 is 1.79 bits per heavy atom. The van der Waals surface area contributed by atoms with Crippen LogP contribution in [0.3, 0.4) is 0 Å². The minimum absolute atomic E-state index is 0.182. The molecule has 4 rings (SSSR count). The number of piperidine rings is 1. The molecule has 1 unspecified atom stereocenters. The van der Waals surface area contributed by atoms with Gasteiger partial charge in [0.15, 0.2) is 11.6 Å². The van der Waals surface area contributed by atoms with Gasteiger partial charge < -0.3 is 20.7 Å². The summed E-state index contributed by atoms with van der Waals surface area (Å²) in [5, 5.41) is 3.52. The molecule has 0 bridgehead atoms. The topological polar surface area (TPSA) is 89.2 Å². The number of nitrogens with one attached hydrogen (secondary N) is 1. The molecular weight excluding hydrogens is 433 g/mol. The average Bonchev–Trinajstić information content (AvgIpc) is 3.09. The number of benzene rings is 1. The highest BCUT2D eigenvalue weighted by atomic mass is 19.1. The molecule has 2 aromatic rings. The van der Waals surface area contributed by atoms with E-state index in [1.54, 1.807) is 12.1 Å². The Kier molecular flexibility index (Phi) is 7.83. The van der Waals surface area contributed by atoms with Crippen LogP contribution in [0.15, 0.2) is 18.2 Å². The summed E-state index contributed by atoms with van der Waals surface area (Å²) in [6.07, 6.45) is 9.06. The highest BCUT2D eigenvalue weighted by Gasteiger charge is 2.43. The Morgan fingerprint density at radius 3 is 2.44 bits per heavy atom. The highest BCUT2D eigenvalue weighted by molar-refractivity contribution is 5.56. The molecule has 1 atom stereocenters. The quantitative estimate of drug-likeness (QED) is 0.453. The predicted molar refractivity (Wildman–Crippen MR) is 135 cm³/mol. The number of nitrogen functional groups attached to an aromatic ring is 1. The number of anilines is 2. The van der Waals surface area contributed by atoms with Crippen LogP contribution >= 0.6 is 0 Å². The third kappa shape index (κ3) is 5.41. The molecule has 1 aliphatic heterocycles. The first-order chi connectivity index (χ1) is 16.4. The van der Waals surface area contributed by atoms with Crippen molar-refractivity contribution in [1.29, 1.82) is 0 Å². The molecular formula is C25H39FN7O+. The Bertz CT molecular complexity index is 958. The molecule has 1 aliphatic carbocycles. The highest BCUT2D eigenvalue weighted by Crippen LogP contribution is 2.39. The number of halogens is 1. The van der Waals surface area contributed by atoms with Crippen LogP contribution in [0.1, 0.15) is 58.3 Å². The predicted octanol–water partition coefficient (Wildman–Crippen LogP) is 4.49. The van der Waals surface area contributed by atoms with E-state index in [4.69, 9.17) is 15.5 Å². The van der Waals surface area contributed by atoms with Gasteiger partial charge in [-0.05, 0) is 32.9 Å². The molecule has 2 fully saturated rings. The number of nitrogens with two attached hydrogens (primary N) is 1. The van der Waals surface area contributed by atoms with Crippen LogP contribution in [0.5, 0.6) is 5.75 Å². The molecule has 2 aliphatic rings. The zero-order valence-corrected chi connectivity index (χ0v) is 20.8. The smallest absolute Gasteiger partial charge is 0.340 e. The fourth-order valence-electron chi connectivity index (χ4n) is 5.31. The molecule has 1 saturated heterocycles. The maximum absolute atomic E-state index is 15.0. The number of nitrogens with zero attached hydrogens (tertiary/aromatic N) is 5. The third-order valence-corrected chi connectivity index (χ3v) is 7.41. The van der Waals surface area contributed by atoms with E-state index in [0.717, 1.165) is 44.5 Å². The molecule has 186 valence electrons. The normalized spacial score (nSPS) is 20.5. The van der Waals surface area contributed by atoms with E-state index in [0.29, 0.717) is 24.5 Å². The minimum atomic E-state index is -0.379. The molecule has 3 N–H and O–H groups in total. The number of ether oxygens (including phenoxy) is 1. The Labute approximate surface area is 202 Å². The summed E-state index contributed by atoms with van der Waals surface area (Å²) in [4.78, 5) is 16.2. The zero-order valence-electron chi connectivity index (χ0n) is 20.8. The van der Waals surface area contributed by atoms with Crippen molar-refractivity contribution in [1.82, 2.24) is 24.3 Å². The second kappa shape index (κ2) is 10.8. The van der Waals surface area contributed by atoms with Crippen molar-refractivity contribution in [2.75, 3.05) is 44.8 Å². The van der Waals surface area contributed by atoms with Gasteiger partial charge in [0.1, 0.15) is 11.7 Å². The Hall–Kier alpha value is -2.52. The van der Waals surface area contributed by atoms with Crippen LogP contribution in [0.25, 0.3) is 0 Å². The molecule has 0 amide bonds. The molecule has 1 saturated carbocycles. The Balaban J connectivity index is 1.73. The molecule has 1 aromatic heterocycles. The summed E-state index contributed by atoms with van der Waals surface area (Å²) >= 11 is 0. The van der Waals surface area contributed by atoms with Crippen molar-refractivity contribution in [3.63, 3.8) is 0 Å². The summed E-state index contributed by atoms with van der Waals surface area (Å²) in [5.74, 6) is 1.12. The number of hydrogen-bond donors (Lipinski definition) is 2. The van der Waals surface area contributed by atoms with Crippen LogP contribution in [0, 0.1) is 5.82 Å². The summed E-state index contributed by atoms with van der Waals surface area (Å²) in [5.41, 5.74) is 6.98. The second-order valence-electron chi connectivity index (χ2n) is 9.81. The van der Waals surface area contributed by atoms with Crippen LogP contribution < -0.4 is 20.3 Å². The fourth-order valence-corrected chi connectivity index (χ4v) is 5.31. The number of likely N-dealkylation sites (tertiary alicyclic amines) is 1. The van der Waals surface area contributed by atoms with Crippen molar-refractivity contribution in [2.24, 2.45) is 0 Å². The van der Waals surface area contributed by atoms with Gasteiger partial charge in [0.05, 0.1) is 13.7 Å². The van der Waals surface area contributed by atoms with Gasteiger partial charge in [0.25, 0.3) is 0 Å². The molecule has 9 heteroatoms. The van der Waals surface area contributed by atoms with Crippen LogP contribution in [-0.2, 0) is 0 Å². The minimum Gasteiger partial charge on any atom is -0.491 e. The van der Waals surface area contributed by atoms with Gasteiger partial charge in [0.2, 0.25) is 11.9 Å². The monoisotopic (exact) mass is 472 g/mol. The van der Waals surface area contributed by atoms with E-state index in [2.05, 4.69) is 34.3 Å². The molecule has 0 spiro atoms. The van der Waals surface area contributed by atoms with Gasteiger partial charge in [-0.3, -0.25) is 0 Å². The van der Waals surface area contributed by atoms with Crippen LogP contribution in [-0.4, -0.2) is 65.7 Å². The van der Waals surface area contributed by atoms with E-state index in [9.17, 15) is 4.39 Å². The first-order valence-corrected chi connectivity index (χ1v) is 12.7. The van der Waals surface area contributed by atoms with Gasteiger partial charge in [0, 0.05) is 44.1 Å². The first-order valence-electron chi connectivity index (χ1n) is 12.7.